The molecule has 1 saturated heterocycles. The van der Waals surface area contributed by atoms with Crippen molar-refractivity contribution in [3.63, 3.8) is 0 Å². The fraction of sp³-hybridized carbons (Fsp3) is 0.462. The highest BCUT2D eigenvalue weighted by Gasteiger charge is 2.22. The number of nitrogens with one attached hydrogen (secondary N) is 1. The Morgan fingerprint density at radius 3 is 2.53 bits per heavy atom. The van der Waals surface area contributed by atoms with Gasteiger partial charge in [-0.1, -0.05) is 6.07 Å². The summed E-state index contributed by atoms with van der Waals surface area (Å²) in [6.07, 6.45) is 0.903. The lowest BCUT2D eigenvalue weighted by molar-refractivity contribution is 0.193. The Hall–Kier alpha value is -1.79. The summed E-state index contributed by atoms with van der Waals surface area (Å²) >= 11 is 0. The lowest BCUT2D eigenvalue weighted by Crippen LogP contribution is -2.36. The van der Waals surface area contributed by atoms with Crippen LogP contribution in [0.4, 0.5) is 5.69 Å². The van der Waals surface area contributed by atoms with Crippen LogP contribution in [-0.4, -0.2) is 33.3 Å². The Kier molecular flexibility index (Phi) is 4.59. The molecule has 0 amide bonds. The summed E-state index contributed by atoms with van der Waals surface area (Å²) in [7, 11) is 3.20. The molecule has 19 heavy (non-hydrogen) atoms. The minimum atomic E-state index is 0.180. The van der Waals surface area contributed by atoms with Crippen LogP contribution in [0.1, 0.15) is 6.42 Å². The van der Waals surface area contributed by atoms with Crippen LogP contribution in [0.25, 0.3) is 0 Å². The van der Waals surface area contributed by atoms with E-state index >= 15 is 0 Å². The van der Waals surface area contributed by atoms with Gasteiger partial charge in [0.05, 0.1) is 20.8 Å². The molecule has 1 aromatic carbocycles. The number of hydrogen-bond acceptors (Lipinski definition) is 5. The van der Waals surface area contributed by atoms with E-state index in [9.17, 15) is 0 Å². The average molecular weight is 265 g/mol. The molecule has 104 valence electrons. The van der Waals surface area contributed by atoms with Crippen LogP contribution in [-0.2, 0) is 4.74 Å². The van der Waals surface area contributed by atoms with E-state index in [0.29, 0.717) is 29.6 Å². The van der Waals surface area contributed by atoms with Crippen LogP contribution < -0.4 is 20.7 Å². The van der Waals surface area contributed by atoms with E-state index in [1.807, 2.05) is 18.2 Å². The number of aliphatic imine (C=N–C) groups is 1. The fourth-order valence-corrected chi connectivity index (χ4v) is 2.05. The minimum absolute atomic E-state index is 0.180. The average Bonchev–Trinajstić information content (AvgIpc) is 2.98. The smallest absolute Gasteiger partial charge is 0.149 e. The van der Waals surface area contributed by atoms with Crippen LogP contribution in [0, 0.1) is 5.92 Å². The second-order valence-corrected chi connectivity index (χ2v) is 4.21. The van der Waals surface area contributed by atoms with Gasteiger partial charge in [0.1, 0.15) is 23.0 Å². The number of rotatable bonds is 4. The van der Waals surface area contributed by atoms with Gasteiger partial charge in [0.15, 0.2) is 0 Å². The van der Waals surface area contributed by atoms with Crippen molar-refractivity contribution >= 4 is 11.5 Å². The fourth-order valence-electron chi connectivity index (χ4n) is 2.05. The number of para-hydroxylation sites is 1. The molecule has 0 aliphatic carbocycles. The van der Waals surface area contributed by atoms with Crippen LogP contribution in [0.5, 0.6) is 11.5 Å². The first-order valence-corrected chi connectivity index (χ1v) is 6.14. The molecule has 6 nitrogen and oxygen atoms in total. The Balaban J connectivity index is 2.38. The van der Waals surface area contributed by atoms with E-state index in [-0.39, 0.29) is 5.92 Å². The molecule has 6 heteroatoms. The summed E-state index contributed by atoms with van der Waals surface area (Å²) < 4.78 is 16.0. The first-order valence-electron chi connectivity index (χ1n) is 6.14. The van der Waals surface area contributed by atoms with Gasteiger partial charge in [0.25, 0.3) is 0 Å². The van der Waals surface area contributed by atoms with E-state index in [4.69, 9.17) is 20.1 Å². The van der Waals surface area contributed by atoms with Crippen molar-refractivity contribution in [2.45, 2.75) is 6.42 Å². The van der Waals surface area contributed by atoms with Crippen molar-refractivity contribution in [3.8, 4) is 11.5 Å². The third kappa shape index (κ3) is 2.97. The molecule has 0 unspecified atom stereocenters. The number of nitrogens with two attached hydrogens (primary N) is 1. The molecule has 0 bridgehead atoms. The third-order valence-electron chi connectivity index (χ3n) is 3.10. The molecule has 1 aromatic rings. The normalized spacial score (nSPS) is 19.3. The zero-order valence-corrected chi connectivity index (χ0v) is 11.2. The first kappa shape index (κ1) is 13.6. The Morgan fingerprint density at radius 1 is 1.37 bits per heavy atom. The van der Waals surface area contributed by atoms with Crippen molar-refractivity contribution in [3.05, 3.63) is 18.2 Å². The highest BCUT2D eigenvalue weighted by Crippen LogP contribution is 2.37. The predicted molar refractivity (Wildman–Crippen MR) is 72.9 cm³/mol. The molecular weight excluding hydrogens is 246 g/mol. The maximum Gasteiger partial charge on any atom is 0.149 e. The lowest BCUT2D eigenvalue weighted by atomic mass is 10.1. The van der Waals surface area contributed by atoms with Crippen molar-refractivity contribution in [1.29, 1.82) is 0 Å². The second kappa shape index (κ2) is 6.40. The van der Waals surface area contributed by atoms with Crippen LogP contribution >= 0.6 is 0 Å². The number of amidine groups is 1. The van der Waals surface area contributed by atoms with Gasteiger partial charge < -0.3 is 19.6 Å². The number of ether oxygens (including phenoxy) is 3. The highest BCUT2D eigenvalue weighted by atomic mass is 16.5. The van der Waals surface area contributed by atoms with Gasteiger partial charge in [-0.3, -0.25) is 0 Å². The van der Waals surface area contributed by atoms with Gasteiger partial charge in [0, 0.05) is 12.5 Å². The number of nitrogens with zero attached hydrogens (tertiary/aromatic N) is 1. The van der Waals surface area contributed by atoms with Crippen LogP contribution in [0.2, 0.25) is 0 Å². The zero-order chi connectivity index (χ0) is 13.7. The number of benzene rings is 1. The van der Waals surface area contributed by atoms with Gasteiger partial charge in [-0.2, -0.15) is 0 Å². The maximum absolute atomic E-state index is 5.57. The molecule has 3 N–H and O–H groups in total. The Bertz CT molecular complexity index is 434. The van der Waals surface area contributed by atoms with Crippen molar-refractivity contribution < 1.29 is 14.2 Å². The summed E-state index contributed by atoms with van der Waals surface area (Å²) in [6.45, 7) is 1.36. The SMILES string of the molecule is COc1cccc(OC)c1N=C(NN)[C@H]1CCOC1. The van der Waals surface area contributed by atoms with E-state index < -0.39 is 0 Å². The summed E-state index contributed by atoms with van der Waals surface area (Å²) in [4.78, 5) is 4.55. The summed E-state index contributed by atoms with van der Waals surface area (Å²) in [5.41, 5.74) is 3.29. The topological polar surface area (TPSA) is 78.1 Å². The highest BCUT2D eigenvalue weighted by molar-refractivity contribution is 5.88. The number of methoxy groups -OCH3 is 2. The molecule has 1 heterocycles. The largest absolute Gasteiger partial charge is 0.494 e. The predicted octanol–water partition coefficient (Wildman–Crippen LogP) is 1.23. The first-order chi connectivity index (χ1) is 9.30. The van der Waals surface area contributed by atoms with Crippen LogP contribution in [0.3, 0.4) is 0 Å². The van der Waals surface area contributed by atoms with E-state index in [1.54, 1.807) is 14.2 Å². The number of hydrogen-bond donors (Lipinski definition) is 2. The molecule has 1 aliphatic heterocycles. The van der Waals surface area contributed by atoms with Gasteiger partial charge in [-0.05, 0) is 18.6 Å². The molecular formula is C13H19N3O3. The molecule has 2 rings (SSSR count). The number of hydrazine groups is 1. The van der Waals surface area contributed by atoms with Crippen molar-refractivity contribution in [2.24, 2.45) is 16.8 Å². The van der Waals surface area contributed by atoms with Crippen molar-refractivity contribution in [2.75, 3.05) is 27.4 Å². The quantitative estimate of drug-likeness (QED) is 0.370. The summed E-state index contributed by atoms with van der Waals surface area (Å²) in [5.74, 6) is 7.72. The zero-order valence-electron chi connectivity index (χ0n) is 11.2. The van der Waals surface area contributed by atoms with Crippen LogP contribution in [0.15, 0.2) is 23.2 Å². The molecule has 1 fully saturated rings. The van der Waals surface area contributed by atoms with Crippen molar-refractivity contribution in [1.82, 2.24) is 5.43 Å². The molecule has 1 atom stereocenters. The standard InChI is InChI=1S/C13H19N3O3/c1-17-10-4-3-5-11(18-2)12(10)15-13(16-14)9-6-7-19-8-9/h3-5,9H,6-8,14H2,1-2H3,(H,15,16)/t9-/m0/s1. The Labute approximate surface area is 112 Å². The molecule has 0 spiro atoms. The van der Waals surface area contributed by atoms with E-state index in [0.717, 1.165) is 13.0 Å². The monoisotopic (exact) mass is 265 g/mol. The lowest BCUT2D eigenvalue weighted by Gasteiger charge is -2.14. The van der Waals surface area contributed by atoms with E-state index in [1.165, 1.54) is 0 Å². The minimum Gasteiger partial charge on any atom is -0.494 e. The van der Waals surface area contributed by atoms with Gasteiger partial charge >= 0.3 is 0 Å². The summed E-state index contributed by atoms with van der Waals surface area (Å²) in [5, 5.41) is 0. The van der Waals surface area contributed by atoms with Gasteiger partial charge in [-0.15, -0.1) is 0 Å². The second-order valence-electron chi connectivity index (χ2n) is 4.21. The van der Waals surface area contributed by atoms with Gasteiger partial charge in [0.2, 0.25) is 0 Å². The van der Waals surface area contributed by atoms with E-state index in [2.05, 4.69) is 10.4 Å². The van der Waals surface area contributed by atoms with Gasteiger partial charge in [-0.25, -0.2) is 10.8 Å². The molecule has 1 aliphatic rings. The summed E-state index contributed by atoms with van der Waals surface area (Å²) in [6, 6.07) is 5.52. The molecule has 0 saturated carbocycles. The third-order valence-corrected chi connectivity index (χ3v) is 3.10. The molecule has 0 radical (unpaired) electrons. The molecule has 0 aromatic heterocycles. The Morgan fingerprint density at radius 2 is 2.05 bits per heavy atom. The maximum atomic E-state index is 5.57.